The molecule has 0 bridgehead atoms. The van der Waals surface area contributed by atoms with Crippen molar-refractivity contribution in [1.82, 2.24) is 9.88 Å². The van der Waals surface area contributed by atoms with E-state index in [0.717, 1.165) is 30.0 Å². The minimum absolute atomic E-state index is 0. The van der Waals surface area contributed by atoms with Crippen LogP contribution < -0.4 is 10.6 Å². The molecule has 1 aromatic carbocycles. The van der Waals surface area contributed by atoms with Gasteiger partial charge in [0.15, 0.2) is 0 Å². The van der Waals surface area contributed by atoms with Crippen molar-refractivity contribution in [1.29, 1.82) is 0 Å². The number of hydrogen-bond acceptors (Lipinski definition) is 3. The second-order valence-electron chi connectivity index (χ2n) is 7.19. The van der Waals surface area contributed by atoms with Gasteiger partial charge in [0, 0.05) is 35.6 Å². The summed E-state index contributed by atoms with van der Waals surface area (Å²) >= 11 is 0. The van der Waals surface area contributed by atoms with Crippen molar-refractivity contribution in [2.75, 3.05) is 30.3 Å². The molecule has 0 radical (unpaired) electrons. The summed E-state index contributed by atoms with van der Waals surface area (Å²) in [6, 6.07) is 4.22. The molecule has 2 aromatic rings. The van der Waals surface area contributed by atoms with Gasteiger partial charge in [-0.25, -0.2) is 4.39 Å². The number of aromatic amines is 1. The lowest BCUT2D eigenvalue weighted by Gasteiger charge is -2.17. The number of benzene rings is 1. The first-order valence-corrected chi connectivity index (χ1v) is 9.88. The van der Waals surface area contributed by atoms with Crippen LogP contribution in [0.25, 0.3) is 11.6 Å². The molecular formula is C22H28ClFN4O2. The Labute approximate surface area is 182 Å². The first-order chi connectivity index (χ1) is 13.8. The number of carbonyl (C=O) groups is 2. The van der Waals surface area contributed by atoms with Crippen LogP contribution in [0.5, 0.6) is 0 Å². The van der Waals surface area contributed by atoms with Gasteiger partial charge in [-0.1, -0.05) is 13.8 Å². The van der Waals surface area contributed by atoms with Crippen molar-refractivity contribution in [2.45, 2.75) is 34.1 Å². The molecule has 30 heavy (non-hydrogen) atoms. The van der Waals surface area contributed by atoms with Gasteiger partial charge in [0.2, 0.25) is 5.91 Å². The molecule has 0 atom stereocenters. The predicted molar refractivity (Wildman–Crippen MR) is 121 cm³/mol. The van der Waals surface area contributed by atoms with Crippen LogP contribution in [0.15, 0.2) is 18.2 Å². The lowest BCUT2D eigenvalue weighted by molar-refractivity contribution is -0.116. The lowest BCUT2D eigenvalue weighted by Crippen LogP contribution is -2.27. The van der Waals surface area contributed by atoms with Crippen molar-refractivity contribution in [3.63, 3.8) is 0 Å². The molecule has 0 saturated heterocycles. The zero-order valence-electron chi connectivity index (χ0n) is 17.7. The summed E-state index contributed by atoms with van der Waals surface area (Å²) in [5.74, 6) is -0.721. The van der Waals surface area contributed by atoms with Crippen LogP contribution in [0, 0.1) is 19.7 Å². The van der Waals surface area contributed by atoms with E-state index in [2.05, 4.69) is 34.4 Å². The van der Waals surface area contributed by atoms with Gasteiger partial charge < -0.3 is 20.5 Å². The van der Waals surface area contributed by atoms with E-state index < -0.39 is 5.82 Å². The van der Waals surface area contributed by atoms with E-state index in [4.69, 9.17) is 0 Å². The Morgan fingerprint density at radius 2 is 1.93 bits per heavy atom. The van der Waals surface area contributed by atoms with E-state index in [1.54, 1.807) is 12.1 Å². The fourth-order valence-electron chi connectivity index (χ4n) is 3.56. The molecule has 3 N–H and O–H groups in total. The summed E-state index contributed by atoms with van der Waals surface area (Å²) in [4.78, 5) is 30.1. The van der Waals surface area contributed by atoms with Gasteiger partial charge in [0.05, 0.1) is 11.3 Å². The summed E-state index contributed by atoms with van der Waals surface area (Å²) in [5.41, 5.74) is 4.60. The quantitative estimate of drug-likeness (QED) is 0.567. The fraction of sp³-hybridized carbons (Fsp3) is 0.364. The first-order valence-electron chi connectivity index (χ1n) is 9.88. The molecular weight excluding hydrogens is 407 g/mol. The number of nitrogens with zero attached hydrogens (tertiary/aromatic N) is 1. The number of halogens is 2. The Morgan fingerprint density at radius 3 is 2.60 bits per heavy atom. The summed E-state index contributed by atoms with van der Waals surface area (Å²) in [6.45, 7) is 10.4. The average molecular weight is 435 g/mol. The van der Waals surface area contributed by atoms with Crippen LogP contribution >= 0.6 is 12.4 Å². The van der Waals surface area contributed by atoms with Crippen LogP contribution in [-0.2, 0) is 9.59 Å². The normalized spacial score (nSPS) is 13.9. The van der Waals surface area contributed by atoms with E-state index in [9.17, 15) is 14.0 Å². The van der Waals surface area contributed by atoms with Crippen molar-refractivity contribution >= 4 is 47.2 Å². The number of carbonyl (C=O) groups excluding carboxylic acids is 2. The molecule has 0 unspecified atom stereocenters. The van der Waals surface area contributed by atoms with Crippen molar-refractivity contribution < 1.29 is 14.0 Å². The number of anilines is 2. The number of nitrogens with one attached hydrogen (secondary N) is 3. The second kappa shape index (κ2) is 9.91. The number of fused-ring (bicyclic) bond motifs is 1. The van der Waals surface area contributed by atoms with Crippen molar-refractivity contribution in [2.24, 2.45) is 0 Å². The SMILES string of the molecule is CCN(CC)CCC(=O)Nc1c(C)[nH]c(/C=C2\C(=O)Nc3ccc(F)cc32)c1C.Cl. The lowest BCUT2D eigenvalue weighted by atomic mass is 10.0. The monoisotopic (exact) mass is 434 g/mol. The maximum atomic E-state index is 13.6. The molecule has 1 aromatic heterocycles. The van der Waals surface area contributed by atoms with Gasteiger partial charge in [-0.2, -0.15) is 0 Å². The van der Waals surface area contributed by atoms with E-state index in [1.807, 2.05) is 13.8 Å². The van der Waals surface area contributed by atoms with Crippen LogP contribution in [0.1, 0.15) is 42.8 Å². The predicted octanol–water partition coefficient (Wildman–Crippen LogP) is 4.36. The molecule has 6 nitrogen and oxygen atoms in total. The number of rotatable bonds is 7. The highest BCUT2D eigenvalue weighted by molar-refractivity contribution is 6.34. The van der Waals surface area contributed by atoms with Gasteiger partial charge in [-0.15, -0.1) is 12.4 Å². The minimum atomic E-state index is -0.397. The van der Waals surface area contributed by atoms with Crippen LogP contribution in [0.4, 0.5) is 15.8 Å². The molecule has 1 aliphatic heterocycles. The second-order valence-corrected chi connectivity index (χ2v) is 7.19. The van der Waals surface area contributed by atoms with E-state index >= 15 is 0 Å². The molecule has 162 valence electrons. The zero-order valence-corrected chi connectivity index (χ0v) is 18.5. The maximum absolute atomic E-state index is 13.6. The van der Waals surface area contributed by atoms with Crippen LogP contribution in [0.3, 0.4) is 0 Å². The largest absolute Gasteiger partial charge is 0.357 e. The third kappa shape index (κ3) is 4.91. The highest BCUT2D eigenvalue weighted by Gasteiger charge is 2.25. The van der Waals surface area contributed by atoms with Gasteiger partial charge in [0.25, 0.3) is 5.91 Å². The molecule has 3 rings (SSSR count). The molecule has 0 fully saturated rings. The van der Waals surface area contributed by atoms with Gasteiger partial charge in [0.1, 0.15) is 5.82 Å². The minimum Gasteiger partial charge on any atom is -0.357 e. The Kier molecular flexibility index (Phi) is 7.81. The molecule has 8 heteroatoms. The van der Waals surface area contributed by atoms with E-state index in [1.165, 1.54) is 12.1 Å². The van der Waals surface area contributed by atoms with Crippen LogP contribution in [0.2, 0.25) is 0 Å². The smallest absolute Gasteiger partial charge is 0.256 e. The van der Waals surface area contributed by atoms with E-state index in [0.29, 0.717) is 35.5 Å². The first kappa shape index (κ1) is 23.6. The summed E-state index contributed by atoms with van der Waals surface area (Å²) < 4.78 is 13.6. The summed E-state index contributed by atoms with van der Waals surface area (Å²) in [7, 11) is 0. The number of aromatic nitrogens is 1. The third-order valence-corrected chi connectivity index (χ3v) is 5.34. The Morgan fingerprint density at radius 1 is 1.23 bits per heavy atom. The number of H-pyrrole nitrogens is 1. The highest BCUT2D eigenvalue weighted by Crippen LogP contribution is 2.35. The standard InChI is InChI=1S/C22H27FN4O2.ClH/c1-5-27(6-2)10-9-20(28)26-21-13(3)19(24-14(21)4)12-17-16-11-15(23)7-8-18(16)25-22(17)29;/h7-8,11-12,24H,5-6,9-10H2,1-4H3,(H,25,29)(H,26,28);1H/b17-12-;. The van der Waals surface area contributed by atoms with Gasteiger partial charge in [-0.05, 0) is 56.8 Å². The molecule has 0 saturated carbocycles. The van der Waals surface area contributed by atoms with Crippen molar-refractivity contribution in [3.05, 3.63) is 46.5 Å². The third-order valence-electron chi connectivity index (χ3n) is 5.34. The molecule has 2 amide bonds. The summed E-state index contributed by atoms with van der Waals surface area (Å²) in [5, 5.41) is 5.72. The summed E-state index contributed by atoms with van der Waals surface area (Å²) in [6.07, 6.45) is 2.12. The maximum Gasteiger partial charge on any atom is 0.256 e. The Bertz CT molecular complexity index is 980. The molecule has 0 aliphatic carbocycles. The van der Waals surface area contributed by atoms with Crippen LogP contribution in [-0.4, -0.2) is 41.3 Å². The van der Waals surface area contributed by atoms with Gasteiger partial charge in [-0.3, -0.25) is 9.59 Å². The van der Waals surface area contributed by atoms with E-state index in [-0.39, 0.29) is 24.2 Å². The fourth-order valence-corrected chi connectivity index (χ4v) is 3.56. The van der Waals surface area contributed by atoms with Crippen molar-refractivity contribution in [3.8, 4) is 0 Å². The number of hydrogen-bond donors (Lipinski definition) is 3. The average Bonchev–Trinajstić information content (AvgIpc) is 3.13. The molecule has 0 spiro atoms. The number of aryl methyl sites for hydroxylation is 1. The zero-order chi connectivity index (χ0) is 21.1. The Balaban J connectivity index is 0.00000320. The topological polar surface area (TPSA) is 77.2 Å². The van der Waals surface area contributed by atoms with Gasteiger partial charge >= 0.3 is 0 Å². The highest BCUT2D eigenvalue weighted by atomic mass is 35.5. The Hall–Kier alpha value is -2.64. The molecule has 2 heterocycles. The number of amides is 2. The molecule has 1 aliphatic rings.